The largest absolute Gasteiger partial charge is 0.489 e. The molecule has 0 radical (unpaired) electrons. The van der Waals surface area contributed by atoms with E-state index in [4.69, 9.17) is 14.2 Å². The molecule has 0 atom stereocenters. The van der Waals surface area contributed by atoms with Gasteiger partial charge in [0, 0.05) is 51.3 Å². The van der Waals surface area contributed by atoms with Gasteiger partial charge >= 0.3 is 0 Å². The second kappa shape index (κ2) is 12.7. The zero-order valence-electron chi connectivity index (χ0n) is 24.0. The molecule has 0 bridgehead atoms. The van der Waals surface area contributed by atoms with Crippen LogP contribution in [0.5, 0.6) is 5.75 Å². The third kappa shape index (κ3) is 6.07. The Kier molecular flexibility index (Phi) is 8.45. The van der Waals surface area contributed by atoms with Gasteiger partial charge in [-0.2, -0.15) is 0 Å². The number of piperidine rings is 1. The first-order chi connectivity index (χ1) is 20.2. The summed E-state index contributed by atoms with van der Waals surface area (Å²) in [5, 5.41) is 0. The zero-order chi connectivity index (χ0) is 28.0. The molecule has 1 aromatic heterocycles. The lowest BCUT2D eigenvalue weighted by atomic mass is 9.80. The fourth-order valence-electron chi connectivity index (χ4n) is 6.32. The summed E-state index contributed by atoms with van der Waals surface area (Å²) in [6.07, 6.45) is 7.75. The molecule has 0 amide bonds. The third-order valence-corrected chi connectivity index (χ3v) is 8.48. The van der Waals surface area contributed by atoms with Crippen LogP contribution in [-0.4, -0.2) is 38.6 Å². The summed E-state index contributed by atoms with van der Waals surface area (Å²) in [6, 6.07) is 30.3. The molecule has 210 valence electrons. The first-order valence-electron chi connectivity index (χ1n) is 14.6. The Hall–Kier alpha value is -3.93. The Morgan fingerprint density at radius 1 is 0.805 bits per heavy atom. The van der Waals surface area contributed by atoms with Crippen molar-refractivity contribution < 1.29 is 14.2 Å². The molecule has 0 spiro atoms. The van der Waals surface area contributed by atoms with E-state index in [1.807, 2.05) is 18.5 Å². The Labute approximate surface area is 243 Å². The molecule has 0 unspecified atom stereocenters. The SMILES string of the molecule is COC(OC)C1CCN(c2ccc(C3=C(c4ccncc4)CCc4cc(OCc5ccccc5)ccc43)cc2)CC1. The number of nitrogens with zero attached hydrogens (tertiary/aromatic N) is 2. The minimum atomic E-state index is -0.117. The molecule has 0 N–H and O–H groups in total. The summed E-state index contributed by atoms with van der Waals surface area (Å²) >= 11 is 0. The van der Waals surface area contributed by atoms with Crippen LogP contribution >= 0.6 is 0 Å². The van der Waals surface area contributed by atoms with Gasteiger partial charge in [0.15, 0.2) is 6.29 Å². The number of methoxy groups -OCH3 is 2. The van der Waals surface area contributed by atoms with Crippen LogP contribution in [0.1, 0.15) is 47.1 Å². The highest BCUT2D eigenvalue weighted by Crippen LogP contribution is 2.42. The smallest absolute Gasteiger partial charge is 0.159 e. The maximum absolute atomic E-state index is 6.18. The average Bonchev–Trinajstić information content (AvgIpc) is 3.05. The van der Waals surface area contributed by atoms with Gasteiger partial charge in [0.05, 0.1) is 0 Å². The third-order valence-electron chi connectivity index (χ3n) is 8.48. The van der Waals surface area contributed by atoms with Crippen LogP contribution in [0.25, 0.3) is 11.1 Å². The number of pyridine rings is 1. The number of hydrogen-bond donors (Lipinski definition) is 0. The van der Waals surface area contributed by atoms with Gasteiger partial charge in [0.25, 0.3) is 0 Å². The predicted octanol–water partition coefficient (Wildman–Crippen LogP) is 7.40. The standard InChI is InChI=1S/C36H38N2O3/c1-39-36(40-2)29-18-22-38(23-19-29)31-11-8-28(9-12-31)35-33(27-16-20-37-21-17-27)14-10-30-24-32(13-15-34(30)35)41-25-26-6-4-3-5-7-26/h3-9,11-13,15-17,20-21,24,29,36H,10,14,18-19,22-23,25H2,1-2H3. The van der Waals surface area contributed by atoms with Crippen LogP contribution in [-0.2, 0) is 22.5 Å². The van der Waals surface area contributed by atoms with Crippen molar-refractivity contribution in [2.75, 3.05) is 32.2 Å². The highest BCUT2D eigenvalue weighted by atomic mass is 16.7. The normalized spacial score (nSPS) is 15.7. The van der Waals surface area contributed by atoms with E-state index in [-0.39, 0.29) is 6.29 Å². The van der Waals surface area contributed by atoms with Crippen LogP contribution in [0.15, 0.2) is 97.3 Å². The molecular weight excluding hydrogens is 508 g/mol. The minimum Gasteiger partial charge on any atom is -0.489 e. The van der Waals surface area contributed by atoms with E-state index in [2.05, 4.69) is 88.7 Å². The molecule has 1 saturated heterocycles. The molecule has 4 aromatic rings. The summed E-state index contributed by atoms with van der Waals surface area (Å²) in [7, 11) is 3.46. The highest BCUT2D eigenvalue weighted by Gasteiger charge is 2.27. The van der Waals surface area contributed by atoms with Gasteiger partial charge in [-0.3, -0.25) is 4.98 Å². The molecule has 2 heterocycles. The number of allylic oxidation sites excluding steroid dienone is 1. The lowest BCUT2D eigenvalue weighted by Crippen LogP contribution is -2.39. The first-order valence-corrected chi connectivity index (χ1v) is 14.6. The van der Waals surface area contributed by atoms with Gasteiger partial charge in [-0.05, 0) is 101 Å². The van der Waals surface area contributed by atoms with Crippen molar-refractivity contribution in [3.05, 3.63) is 125 Å². The number of ether oxygens (including phenoxy) is 3. The number of hydrogen-bond acceptors (Lipinski definition) is 5. The highest BCUT2D eigenvalue weighted by molar-refractivity contribution is 6.01. The lowest BCUT2D eigenvalue weighted by molar-refractivity contribution is -0.141. The number of aromatic nitrogens is 1. The first kappa shape index (κ1) is 27.3. The van der Waals surface area contributed by atoms with Gasteiger partial charge in [0.2, 0.25) is 0 Å². The Morgan fingerprint density at radius 2 is 1.54 bits per heavy atom. The number of anilines is 1. The van der Waals surface area contributed by atoms with Crippen molar-refractivity contribution in [2.45, 2.75) is 38.6 Å². The van der Waals surface area contributed by atoms with Crippen molar-refractivity contribution >= 4 is 16.8 Å². The number of aryl methyl sites for hydroxylation is 1. The topological polar surface area (TPSA) is 43.8 Å². The van der Waals surface area contributed by atoms with Crippen LogP contribution in [0.2, 0.25) is 0 Å². The summed E-state index contributed by atoms with van der Waals surface area (Å²) in [6.45, 7) is 2.58. The van der Waals surface area contributed by atoms with Crippen molar-refractivity contribution in [2.24, 2.45) is 5.92 Å². The molecule has 5 heteroatoms. The Morgan fingerprint density at radius 3 is 2.24 bits per heavy atom. The summed E-state index contributed by atoms with van der Waals surface area (Å²) in [5.41, 5.74) is 10.2. The average molecular weight is 547 g/mol. The van der Waals surface area contributed by atoms with Gasteiger partial charge in [-0.25, -0.2) is 0 Å². The van der Waals surface area contributed by atoms with Crippen LogP contribution < -0.4 is 9.64 Å². The zero-order valence-corrected chi connectivity index (χ0v) is 24.0. The maximum atomic E-state index is 6.18. The molecule has 3 aromatic carbocycles. The molecular formula is C36H38N2O3. The van der Waals surface area contributed by atoms with E-state index in [0.29, 0.717) is 12.5 Å². The molecule has 1 fully saturated rings. The summed E-state index contributed by atoms with van der Waals surface area (Å²) < 4.78 is 17.2. The van der Waals surface area contributed by atoms with E-state index in [0.717, 1.165) is 44.5 Å². The molecule has 2 aliphatic rings. The minimum absolute atomic E-state index is 0.117. The quantitative estimate of drug-likeness (QED) is 0.205. The van der Waals surface area contributed by atoms with Crippen LogP contribution in [0.4, 0.5) is 5.69 Å². The van der Waals surface area contributed by atoms with Crippen molar-refractivity contribution in [1.29, 1.82) is 0 Å². The predicted molar refractivity (Wildman–Crippen MR) is 165 cm³/mol. The fourth-order valence-corrected chi connectivity index (χ4v) is 6.32. The molecule has 1 aliphatic heterocycles. The van der Waals surface area contributed by atoms with Crippen LogP contribution in [0.3, 0.4) is 0 Å². The molecule has 6 rings (SSSR count). The molecule has 1 aliphatic carbocycles. The maximum Gasteiger partial charge on any atom is 0.159 e. The lowest BCUT2D eigenvalue weighted by Gasteiger charge is -2.36. The van der Waals surface area contributed by atoms with E-state index < -0.39 is 0 Å². The Bertz CT molecular complexity index is 1460. The fraction of sp³-hybridized carbons (Fsp3) is 0.306. The molecule has 41 heavy (non-hydrogen) atoms. The number of rotatable bonds is 9. The summed E-state index contributed by atoms with van der Waals surface area (Å²) in [5.74, 6) is 1.36. The Balaban J connectivity index is 1.27. The van der Waals surface area contributed by atoms with Gasteiger partial charge < -0.3 is 19.1 Å². The van der Waals surface area contributed by atoms with Crippen molar-refractivity contribution in [1.82, 2.24) is 4.98 Å². The molecule has 5 nitrogen and oxygen atoms in total. The van der Waals surface area contributed by atoms with Gasteiger partial charge in [0.1, 0.15) is 12.4 Å². The van der Waals surface area contributed by atoms with E-state index in [1.165, 1.54) is 44.7 Å². The summed E-state index contributed by atoms with van der Waals surface area (Å²) in [4.78, 5) is 6.75. The monoisotopic (exact) mass is 546 g/mol. The van der Waals surface area contributed by atoms with Crippen LogP contribution in [0, 0.1) is 5.92 Å². The van der Waals surface area contributed by atoms with Crippen molar-refractivity contribution in [3.8, 4) is 5.75 Å². The number of benzene rings is 3. The van der Waals surface area contributed by atoms with Gasteiger partial charge in [-0.1, -0.05) is 48.5 Å². The van der Waals surface area contributed by atoms with E-state index >= 15 is 0 Å². The molecule has 0 saturated carbocycles. The second-order valence-corrected chi connectivity index (χ2v) is 10.9. The van der Waals surface area contributed by atoms with Gasteiger partial charge in [-0.15, -0.1) is 0 Å². The number of fused-ring (bicyclic) bond motifs is 1. The van der Waals surface area contributed by atoms with E-state index in [9.17, 15) is 0 Å². The second-order valence-electron chi connectivity index (χ2n) is 10.9. The van der Waals surface area contributed by atoms with E-state index in [1.54, 1.807) is 14.2 Å². The van der Waals surface area contributed by atoms with Crippen molar-refractivity contribution in [3.63, 3.8) is 0 Å².